The first-order valence-electron chi connectivity index (χ1n) is 7.95. The zero-order chi connectivity index (χ0) is 16.5. The van der Waals surface area contributed by atoms with Crippen LogP contribution in [0.2, 0.25) is 0 Å². The van der Waals surface area contributed by atoms with E-state index in [1.807, 2.05) is 19.9 Å². The van der Waals surface area contributed by atoms with Gasteiger partial charge in [-0.1, -0.05) is 0 Å². The van der Waals surface area contributed by atoms with E-state index in [0.717, 1.165) is 23.5 Å². The molecule has 1 fully saturated rings. The van der Waals surface area contributed by atoms with E-state index < -0.39 is 0 Å². The number of hydrogen-bond donors (Lipinski definition) is 1. The van der Waals surface area contributed by atoms with Gasteiger partial charge in [0.25, 0.3) is 5.91 Å². The smallest absolute Gasteiger partial charge is 0.252 e. The van der Waals surface area contributed by atoms with Crippen molar-refractivity contribution in [1.82, 2.24) is 10.2 Å². The second-order valence-corrected chi connectivity index (χ2v) is 8.44. The number of amides is 1. The lowest BCUT2D eigenvalue weighted by molar-refractivity contribution is -0.0948. The lowest BCUT2D eigenvalue weighted by Gasteiger charge is -2.45. The first kappa shape index (κ1) is 17.4. The maximum atomic E-state index is 12.4. The molecule has 1 aliphatic heterocycles. The van der Waals surface area contributed by atoms with Gasteiger partial charge < -0.3 is 10.1 Å². The Kier molecular flexibility index (Phi) is 5.30. The summed E-state index contributed by atoms with van der Waals surface area (Å²) >= 11 is 1.67. The average molecular weight is 324 g/mol. The average Bonchev–Trinajstić information content (AvgIpc) is 2.74. The topological polar surface area (TPSA) is 41.6 Å². The Bertz CT molecular complexity index is 529. The number of morpholine rings is 1. The molecule has 0 saturated carbocycles. The second kappa shape index (κ2) is 6.69. The molecule has 0 aromatic carbocycles. The Morgan fingerprint density at radius 3 is 2.45 bits per heavy atom. The van der Waals surface area contributed by atoms with Crippen LogP contribution < -0.4 is 5.32 Å². The molecule has 124 valence electrons. The van der Waals surface area contributed by atoms with Crippen LogP contribution in [0.25, 0.3) is 0 Å². The summed E-state index contributed by atoms with van der Waals surface area (Å²) in [6.45, 7) is 15.1. The Balaban J connectivity index is 1.97. The molecule has 2 atom stereocenters. The number of ether oxygens (including phenoxy) is 1. The fourth-order valence-corrected chi connectivity index (χ4v) is 3.95. The number of nitrogens with zero attached hydrogens (tertiary/aromatic N) is 1. The van der Waals surface area contributed by atoms with Gasteiger partial charge in [0.15, 0.2) is 0 Å². The lowest BCUT2D eigenvalue weighted by atomic mass is 10.00. The van der Waals surface area contributed by atoms with E-state index in [-0.39, 0.29) is 23.7 Å². The van der Waals surface area contributed by atoms with Crippen molar-refractivity contribution in [3.63, 3.8) is 0 Å². The fraction of sp³-hybridized carbons (Fsp3) is 0.706. The Labute approximate surface area is 137 Å². The molecule has 0 aliphatic carbocycles. The molecule has 1 N–H and O–H groups in total. The summed E-state index contributed by atoms with van der Waals surface area (Å²) < 4.78 is 5.80. The van der Waals surface area contributed by atoms with Crippen LogP contribution in [-0.4, -0.2) is 48.2 Å². The molecule has 1 aromatic heterocycles. The van der Waals surface area contributed by atoms with E-state index in [9.17, 15) is 4.79 Å². The summed E-state index contributed by atoms with van der Waals surface area (Å²) in [5.41, 5.74) is 0.725. The van der Waals surface area contributed by atoms with Gasteiger partial charge in [-0.3, -0.25) is 9.69 Å². The van der Waals surface area contributed by atoms with Crippen molar-refractivity contribution in [3.8, 4) is 0 Å². The summed E-state index contributed by atoms with van der Waals surface area (Å²) in [5.74, 6) is 0.0317. The minimum Gasteiger partial charge on any atom is -0.373 e. The number of nitrogens with one attached hydrogen (secondary N) is 1. The molecule has 5 heteroatoms. The van der Waals surface area contributed by atoms with Gasteiger partial charge in [0, 0.05) is 34.9 Å². The monoisotopic (exact) mass is 324 g/mol. The molecule has 2 unspecified atom stereocenters. The van der Waals surface area contributed by atoms with Crippen molar-refractivity contribution in [3.05, 3.63) is 21.4 Å². The first-order valence-corrected chi connectivity index (χ1v) is 8.76. The Morgan fingerprint density at radius 2 is 1.95 bits per heavy atom. The van der Waals surface area contributed by atoms with Crippen LogP contribution >= 0.6 is 11.3 Å². The molecule has 0 bridgehead atoms. The molecule has 1 aliphatic rings. The van der Waals surface area contributed by atoms with E-state index in [1.165, 1.54) is 4.88 Å². The predicted octanol–water partition coefficient (Wildman–Crippen LogP) is 2.98. The zero-order valence-corrected chi connectivity index (χ0v) is 15.3. The largest absolute Gasteiger partial charge is 0.373 e. The third kappa shape index (κ3) is 4.09. The Morgan fingerprint density at radius 1 is 1.36 bits per heavy atom. The van der Waals surface area contributed by atoms with Gasteiger partial charge in [-0.15, -0.1) is 11.3 Å². The maximum absolute atomic E-state index is 12.4. The third-order valence-corrected chi connectivity index (χ3v) is 5.21. The molecule has 4 nitrogen and oxygen atoms in total. The van der Waals surface area contributed by atoms with Crippen LogP contribution in [0.1, 0.15) is 47.8 Å². The van der Waals surface area contributed by atoms with Crippen LogP contribution in [0.15, 0.2) is 6.07 Å². The van der Waals surface area contributed by atoms with Gasteiger partial charge in [0.05, 0.1) is 17.8 Å². The summed E-state index contributed by atoms with van der Waals surface area (Å²) in [6.07, 6.45) is 0.473. The molecule has 22 heavy (non-hydrogen) atoms. The molecule has 2 rings (SSSR count). The normalized spacial score (nSPS) is 23.5. The van der Waals surface area contributed by atoms with Gasteiger partial charge in [-0.05, 0) is 47.6 Å². The highest BCUT2D eigenvalue weighted by Gasteiger charge is 2.33. The van der Waals surface area contributed by atoms with E-state index in [4.69, 9.17) is 4.74 Å². The third-order valence-electron chi connectivity index (χ3n) is 4.24. The van der Waals surface area contributed by atoms with E-state index in [1.54, 1.807) is 11.3 Å². The Hall–Kier alpha value is -0.910. The number of carbonyl (C=O) groups excluding carboxylic acids is 1. The van der Waals surface area contributed by atoms with Crippen LogP contribution in [0.3, 0.4) is 0 Å². The molecular weight excluding hydrogens is 296 g/mol. The van der Waals surface area contributed by atoms with Crippen LogP contribution in [0.4, 0.5) is 0 Å². The molecule has 1 amide bonds. The number of hydrogen-bond acceptors (Lipinski definition) is 4. The minimum atomic E-state index is -0.0824. The van der Waals surface area contributed by atoms with Crippen molar-refractivity contribution < 1.29 is 9.53 Å². The highest BCUT2D eigenvalue weighted by atomic mass is 32.1. The molecule has 2 heterocycles. The number of aryl methyl sites for hydroxylation is 2. The molecular formula is C17H28N2O2S. The van der Waals surface area contributed by atoms with Gasteiger partial charge >= 0.3 is 0 Å². The molecule has 1 aromatic rings. The summed E-state index contributed by atoms with van der Waals surface area (Å²) in [4.78, 5) is 17.1. The van der Waals surface area contributed by atoms with Crippen molar-refractivity contribution >= 4 is 17.2 Å². The highest BCUT2D eigenvalue weighted by Crippen LogP contribution is 2.22. The maximum Gasteiger partial charge on any atom is 0.252 e. The quantitative estimate of drug-likeness (QED) is 0.926. The van der Waals surface area contributed by atoms with Crippen LogP contribution in [0, 0.1) is 13.8 Å². The van der Waals surface area contributed by atoms with Crippen molar-refractivity contribution in [1.29, 1.82) is 0 Å². The second-order valence-electron chi connectivity index (χ2n) is 6.98. The summed E-state index contributed by atoms with van der Waals surface area (Å²) in [6, 6.07) is 1.97. The SMILES string of the molecule is Cc1cc(C(=O)NCC(C)(C)N2CC(C)OC(C)C2)c(C)s1. The van der Waals surface area contributed by atoms with Crippen molar-refractivity contribution in [2.45, 2.75) is 59.3 Å². The number of carbonyl (C=O) groups is 1. The van der Waals surface area contributed by atoms with Crippen molar-refractivity contribution in [2.24, 2.45) is 0 Å². The van der Waals surface area contributed by atoms with Gasteiger partial charge in [-0.2, -0.15) is 0 Å². The first-order chi connectivity index (χ1) is 10.2. The predicted molar refractivity (Wildman–Crippen MR) is 91.8 cm³/mol. The number of thiophene rings is 1. The van der Waals surface area contributed by atoms with Gasteiger partial charge in [-0.25, -0.2) is 0 Å². The van der Waals surface area contributed by atoms with Gasteiger partial charge in [0.2, 0.25) is 0 Å². The zero-order valence-electron chi connectivity index (χ0n) is 14.5. The standard InChI is InChI=1S/C17H28N2O2S/c1-11-8-19(9-12(2)21-11)17(5,6)10-18-16(20)15-7-13(3)22-14(15)4/h7,11-12H,8-10H2,1-6H3,(H,18,20). The summed E-state index contributed by atoms with van der Waals surface area (Å²) in [7, 11) is 0. The number of rotatable bonds is 4. The summed E-state index contributed by atoms with van der Waals surface area (Å²) in [5, 5.41) is 3.11. The fourth-order valence-electron chi connectivity index (χ4n) is 3.03. The van der Waals surface area contributed by atoms with Crippen molar-refractivity contribution in [2.75, 3.05) is 19.6 Å². The lowest BCUT2D eigenvalue weighted by Crippen LogP contribution is -2.58. The van der Waals surface area contributed by atoms with Gasteiger partial charge in [0.1, 0.15) is 0 Å². The minimum absolute atomic E-state index is 0.0317. The highest BCUT2D eigenvalue weighted by molar-refractivity contribution is 7.12. The molecule has 0 radical (unpaired) electrons. The molecule has 1 saturated heterocycles. The van der Waals surface area contributed by atoms with E-state index in [2.05, 4.69) is 37.9 Å². The van der Waals surface area contributed by atoms with E-state index >= 15 is 0 Å². The van der Waals surface area contributed by atoms with Crippen LogP contribution in [0.5, 0.6) is 0 Å². The molecule has 0 spiro atoms. The van der Waals surface area contributed by atoms with Crippen LogP contribution in [-0.2, 0) is 4.74 Å². The van der Waals surface area contributed by atoms with E-state index in [0.29, 0.717) is 6.54 Å².